The highest BCUT2D eigenvalue weighted by Crippen LogP contribution is 2.54. The number of carbonyl (C=O) groups is 1. The van der Waals surface area contributed by atoms with Gasteiger partial charge in [0.25, 0.3) is 0 Å². The Morgan fingerprint density at radius 2 is 2.15 bits per heavy atom. The highest BCUT2D eigenvalue weighted by atomic mass is 16.5. The van der Waals surface area contributed by atoms with E-state index in [0.717, 1.165) is 36.8 Å². The van der Waals surface area contributed by atoms with E-state index in [4.69, 9.17) is 9.47 Å². The van der Waals surface area contributed by atoms with Crippen molar-refractivity contribution in [3.63, 3.8) is 0 Å². The van der Waals surface area contributed by atoms with Gasteiger partial charge < -0.3 is 14.6 Å². The van der Waals surface area contributed by atoms with Crippen LogP contribution in [0.3, 0.4) is 0 Å². The van der Waals surface area contributed by atoms with E-state index in [2.05, 4.69) is 33.8 Å². The topological polar surface area (TPSA) is 55.8 Å². The lowest BCUT2D eigenvalue weighted by Crippen LogP contribution is -2.45. The normalized spacial score (nSPS) is 24.1. The summed E-state index contributed by atoms with van der Waals surface area (Å²) in [6.45, 7) is 10.7. The van der Waals surface area contributed by atoms with E-state index in [-0.39, 0.29) is 23.2 Å². The lowest BCUT2D eigenvalue weighted by Gasteiger charge is -2.47. The molecule has 3 atom stereocenters. The lowest BCUT2D eigenvalue weighted by atomic mass is 9.67. The van der Waals surface area contributed by atoms with Gasteiger partial charge in [0.15, 0.2) is 0 Å². The number of esters is 1. The number of allylic oxidation sites excluding steroid dienone is 2. The molecule has 0 amide bonds. The standard InChI is InChI=1S/C23H32O4/c1-6-7-10-26-22(25)15(3)16-12-19(24)21-17-11-14(2)8-9-18(17)23(4,5)27-20(21)13-16/h8,12-13,15,17-18,24H,6-7,9-11H2,1-5H3/t15?,17?,18-/m1/s1. The summed E-state index contributed by atoms with van der Waals surface area (Å²) >= 11 is 0. The molecule has 4 nitrogen and oxygen atoms in total. The van der Waals surface area contributed by atoms with Crippen molar-refractivity contribution in [3.05, 3.63) is 34.9 Å². The zero-order valence-corrected chi connectivity index (χ0v) is 17.2. The Hall–Kier alpha value is -1.97. The van der Waals surface area contributed by atoms with Gasteiger partial charge in [-0.15, -0.1) is 0 Å². The van der Waals surface area contributed by atoms with Gasteiger partial charge in [-0.3, -0.25) is 4.79 Å². The fourth-order valence-corrected chi connectivity index (χ4v) is 4.41. The van der Waals surface area contributed by atoms with E-state index in [1.807, 2.05) is 13.0 Å². The Morgan fingerprint density at radius 1 is 1.41 bits per heavy atom. The molecule has 1 aromatic carbocycles. The summed E-state index contributed by atoms with van der Waals surface area (Å²) in [7, 11) is 0. The highest BCUT2D eigenvalue weighted by molar-refractivity contribution is 5.78. The molecule has 2 aliphatic rings. The minimum atomic E-state index is -0.435. The van der Waals surface area contributed by atoms with E-state index in [1.165, 1.54) is 5.57 Å². The van der Waals surface area contributed by atoms with E-state index < -0.39 is 5.92 Å². The van der Waals surface area contributed by atoms with Crippen LogP contribution in [0.2, 0.25) is 0 Å². The Kier molecular flexibility index (Phi) is 5.55. The molecule has 148 valence electrons. The third-order valence-electron chi connectivity index (χ3n) is 6.12. The van der Waals surface area contributed by atoms with E-state index in [0.29, 0.717) is 18.3 Å². The van der Waals surface area contributed by atoms with E-state index in [1.54, 1.807) is 6.07 Å². The summed E-state index contributed by atoms with van der Waals surface area (Å²) in [5.41, 5.74) is 2.67. The number of phenolic OH excluding ortho intramolecular Hbond substituents is 1. The summed E-state index contributed by atoms with van der Waals surface area (Å²) in [6, 6.07) is 3.64. The number of phenols is 1. The first-order valence-electron chi connectivity index (χ1n) is 10.1. The number of hydrogen-bond acceptors (Lipinski definition) is 4. The smallest absolute Gasteiger partial charge is 0.313 e. The Labute approximate surface area is 162 Å². The van der Waals surface area contributed by atoms with Gasteiger partial charge in [-0.2, -0.15) is 0 Å². The van der Waals surface area contributed by atoms with Crippen LogP contribution in [-0.4, -0.2) is 23.3 Å². The molecular weight excluding hydrogens is 340 g/mol. The summed E-state index contributed by atoms with van der Waals surface area (Å²) < 4.78 is 11.7. The number of benzene rings is 1. The van der Waals surface area contributed by atoms with Gasteiger partial charge in [0.05, 0.1) is 12.5 Å². The quantitative estimate of drug-likeness (QED) is 0.424. The molecule has 1 aromatic rings. The number of hydrogen-bond donors (Lipinski definition) is 1. The van der Waals surface area contributed by atoms with Crippen molar-refractivity contribution < 1.29 is 19.4 Å². The van der Waals surface area contributed by atoms with Crippen LogP contribution in [0.1, 0.15) is 83.3 Å². The molecule has 4 heteroatoms. The van der Waals surface area contributed by atoms with Gasteiger partial charge >= 0.3 is 5.97 Å². The van der Waals surface area contributed by atoms with Crippen LogP contribution in [-0.2, 0) is 9.53 Å². The van der Waals surface area contributed by atoms with Crippen molar-refractivity contribution in [2.45, 2.75) is 77.7 Å². The molecule has 2 unspecified atom stereocenters. The van der Waals surface area contributed by atoms with E-state index in [9.17, 15) is 9.90 Å². The number of unbranched alkanes of at least 4 members (excludes halogenated alkanes) is 1. The first-order chi connectivity index (χ1) is 12.7. The second kappa shape index (κ2) is 7.57. The Balaban J connectivity index is 1.92. The summed E-state index contributed by atoms with van der Waals surface area (Å²) in [4.78, 5) is 12.3. The number of aromatic hydroxyl groups is 1. The minimum Gasteiger partial charge on any atom is -0.508 e. The van der Waals surface area contributed by atoms with Gasteiger partial charge in [0, 0.05) is 17.4 Å². The average molecular weight is 373 g/mol. The molecule has 0 spiro atoms. The van der Waals surface area contributed by atoms with E-state index >= 15 is 0 Å². The van der Waals surface area contributed by atoms with Gasteiger partial charge in [-0.05, 0) is 64.7 Å². The Bertz CT molecular complexity index is 747. The zero-order chi connectivity index (χ0) is 19.8. The van der Waals surface area contributed by atoms with Crippen LogP contribution in [0, 0.1) is 5.92 Å². The first kappa shape index (κ1) is 19.8. The largest absolute Gasteiger partial charge is 0.508 e. The zero-order valence-electron chi connectivity index (χ0n) is 17.2. The number of fused-ring (bicyclic) bond motifs is 3. The van der Waals surface area contributed by atoms with Gasteiger partial charge in [-0.25, -0.2) is 0 Å². The molecule has 0 bridgehead atoms. The first-order valence-corrected chi connectivity index (χ1v) is 10.1. The predicted molar refractivity (Wildman–Crippen MR) is 106 cm³/mol. The minimum absolute atomic E-state index is 0.232. The second-order valence-electron chi connectivity index (χ2n) is 8.60. The van der Waals surface area contributed by atoms with Crippen molar-refractivity contribution in [2.75, 3.05) is 6.61 Å². The third-order valence-corrected chi connectivity index (χ3v) is 6.12. The molecule has 0 radical (unpaired) electrons. The van der Waals surface area contributed by atoms with Crippen molar-refractivity contribution in [2.24, 2.45) is 5.92 Å². The molecule has 0 saturated carbocycles. The van der Waals surface area contributed by atoms with Crippen molar-refractivity contribution in [3.8, 4) is 11.5 Å². The molecule has 27 heavy (non-hydrogen) atoms. The summed E-state index contributed by atoms with van der Waals surface area (Å²) in [6.07, 6.45) is 6.04. The summed E-state index contributed by atoms with van der Waals surface area (Å²) in [5.74, 6) is 0.828. The molecule has 3 rings (SSSR count). The van der Waals surface area contributed by atoms with Crippen LogP contribution in [0.4, 0.5) is 0 Å². The number of ether oxygens (including phenoxy) is 2. The maximum Gasteiger partial charge on any atom is 0.313 e. The van der Waals surface area contributed by atoms with Crippen molar-refractivity contribution in [1.29, 1.82) is 0 Å². The fraction of sp³-hybridized carbons (Fsp3) is 0.609. The molecule has 1 heterocycles. The average Bonchev–Trinajstić information content (AvgIpc) is 2.59. The molecular formula is C23H32O4. The third kappa shape index (κ3) is 3.85. The predicted octanol–water partition coefficient (Wildman–Crippen LogP) is 5.45. The molecule has 1 aliphatic heterocycles. The SMILES string of the molecule is CCCCOC(=O)C(C)c1cc(O)c2c(c1)OC(C)(C)[C@@H]1CC=C(C)CC21. The van der Waals surface area contributed by atoms with Crippen LogP contribution < -0.4 is 4.74 Å². The van der Waals surface area contributed by atoms with Crippen molar-refractivity contribution in [1.82, 2.24) is 0 Å². The Morgan fingerprint density at radius 3 is 2.85 bits per heavy atom. The van der Waals surface area contributed by atoms with Gasteiger partial charge in [0.1, 0.15) is 17.1 Å². The van der Waals surface area contributed by atoms with Gasteiger partial charge in [-0.1, -0.05) is 25.0 Å². The molecule has 0 saturated heterocycles. The fourth-order valence-electron chi connectivity index (χ4n) is 4.41. The molecule has 1 N–H and O–H groups in total. The summed E-state index contributed by atoms with van der Waals surface area (Å²) in [5, 5.41) is 10.8. The molecule has 0 aromatic heterocycles. The number of carbonyl (C=O) groups excluding carboxylic acids is 1. The van der Waals surface area contributed by atoms with Crippen LogP contribution in [0.15, 0.2) is 23.8 Å². The van der Waals surface area contributed by atoms with Gasteiger partial charge in [0.2, 0.25) is 0 Å². The monoisotopic (exact) mass is 372 g/mol. The van der Waals surface area contributed by atoms with Crippen LogP contribution >= 0.6 is 0 Å². The van der Waals surface area contributed by atoms with Crippen molar-refractivity contribution >= 4 is 5.97 Å². The lowest BCUT2D eigenvalue weighted by molar-refractivity contribution is -0.145. The number of rotatable bonds is 5. The molecule has 1 aliphatic carbocycles. The second-order valence-corrected chi connectivity index (χ2v) is 8.60. The maximum absolute atomic E-state index is 12.3. The van der Waals surface area contributed by atoms with Crippen LogP contribution in [0.25, 0.3) is 0 Å². The highest BCUT2D eigenvalue weighted by Gasteiger charge is 2.45. The van der Waals surface area contributed by atoms with Crippen LogP contribution in [0.5, 0.6) is 11.5 Å². The maximum atomic E-state index is 12.3. The molecule has 0 fully saturated rings.